The molecule has 1 N–H and O–H groups in total. The summed E-state index contributed by atoms with van der Waals surface area (Å²) in [7, 11) is 0. The van der Waals surface area contributed by atoms with E-state index in [9.17, 15) is 0 Å². The van der Waals surface area contributed by atoms with Crippen molar-refractivity contribution in [2.24, 2.45) is 0 Å². The van der Waals surface area contributed by atoms with Crippen LogP contribution in [0.4, 0.5) is 0 Å². The standard InChI is InChI=1S/C11H13N4/c1-2-4-10-9(3-1)7-14-15(10)11-8-12-5-6-13-11/h1-4,7,11,13H,5-6,8H2. The third kappa shape index (κ3) is 1.52. The molecule has 0 spiro atoms. The summed E-state index contributed by atoms with van der Waals surface area (Å²) in [6, 6.07) is 8.25. The molecule has 77 valence electrons. The third-order valence-electron chi connectivity index (χ3n) is 2.75. The maximum atomic E-state index is 4.41. The van der Waals surface area contributed by atoms with Crippen molar-refractivity contribution in [1.29, 1.82) is 0 Å². The minimum Gasteiger partial charge on any atom is -0.293 e. The molecule has 0 aliphatic carbocycles. The van der Waals surface area contributed by atoms with Crippen molar-refractivity contribution in [3.05, 3.63) is 30.5 Å². The number of rotatable bonds is 1. The first-order chi connectivity index (χ1) is 7.45. The van der Waals surface area contributed by atoms with E-state index in [-0.39, 0.29) is 6.17 Å². The van der Waals surface area contributed by atoms with Crippen LogP contribution in [0.25, 0.3) is 10.9 Å². The van der Waals surface area contributed by atoms with Crippen LogP contribution >= 0.6 is 0 Å². The van der Waals surface area contributed by atoms with E-state index >= 15 is 0 Å². The number of benzene rings is 1. The average molecular weight is 201 g/mol. The van der Waals surface area contributed by atoms with Gasteiger partial charge >= 0.3 is 0 Å². The third-order valence-corrected chi connectivity index (χ3v) is 2.75. The topological polar surface area (TPSA) is 44.0 Å². The number of hydrogen-bond donors (Lipinski definition) is 1. The second-order valence-corrected chi connectivity index (χ2v) is 3.75. The number of fused-ring (bicyclic) bond motifs is 1. The van der Waals surface area contributed by atoms with Gasteiger partial charge in [-0.1, -0.05) is 18.2 Å². The van der Waals surface area contributed by atoms with Crippen LogP contribution in [0, 0.1) is 0 Å². The SMILES string of the molecule is c1ccc2c(c1)cnn2C1C[N]CCN1. The quantitative estimate of drug-likeness (QED) is 0.739. The van der Waals surface area contributed by atoms with Crippen molar-refractivity contribution in [2.75, 3.05) is 19.6 Å². The first-order valence-corrected chi connectivity index (χ1v) is 5.24. The molecule has 1 saturated heterocycles. The minimum atomic E-state index is 0.221. The van der Waals surface area contributed by atoms with Crippen molar-refractivity contribution in [1.82, 2.24) is 20.4 Å². The fraction of sp³-hybridized carbons (Fsp3) is 0.364. The smallest absolute Gasteiger partial charge is 0.116 e. The van der Waals surface area contributed by atoms with Gasteiger partial charge in [0.25, 0.3) is 0 Å². The largest absolute Gasteiger partial charge is 0.293 e. The van der Waals surface area contributed by atoms with E-state index in [1.807, 2.05) is 23.0 Å². The number of nitrogens with zero attached hydrogens (tertiary/aromatic N) is 3. The van der Waals surface area contributed by atoms with Gasteiger partial charge in [0.2, 0.25) is 0 Å². The highest BCUT2D eigenvalue weighted by molar-refractivity contribution is 5.78. The van der Waals surface area contributed by atoms with Gasteiger partial charge in [0.05, 0.1) is 11.7 Å². The molecule has 1 radical (unpaired) electrons. The molecule has 4 nitrogen and oxygen atoms in total. The molecule has 0 bridgehead atoms. The Balaban J connectivity index is 2.02. The van der Waals surface area contributed by atoms with Crippen molar-refractivity contribution in [2.45, 2.75) is 6.17 Å². The van der Waals surface area contributed by atoms with Crippen LogP contribution in [0.2, 0.25) is 0 Å². The van der Waals surface area contributed by atoms with Crippen LogP contribution in [-0.4, -0.2) is 29.4 Å². The van der Waals surface area contributed by atoms with Crippen molar-refractivity contribution in [3.8, 4) is 0 Å². The van der Waals surface area contributed by atoms with E-state index < -0.39 is 0 Å². The normalized spacial score (nSPS) is 22.0. The zero-order valence-electron chi connectivity index (χ0n) is 8.43. The van der Waals surface area contributed by atoms with Crippen molar-refractivity contribution in [3.63, 3.8) is 0 Å². The Bertz CT molecular complexity index is 456. The molecule has 1 aliphatic rings. The number of hydrogen-bond acceptors (Lipinski definition) is 2. The maximum absolute atomic E-state index is 4.41. The summed E-state index contributed by atoms with van der Waals surface area (Å²) in [6.07, 6.45) is 2.13. The molecule has 0 amide bonds. The molecule has 1 unspecified atom stereocenters. The summed E-state index contributed by atoms with van der Waals surface area (Å²) in [4.78, 5) is 0. The molecule has 2 aromatic rings. The van der Waals surface area contributed by atoms with Gasteiger partial charge < -0.3 is 0 Å². The Hall–Kier alpha value is -1.39. The lowest BCUT2D eigenvalue weighted by atomic mass is 10.2. The molecule has 1 aliphatic heterocycles. The molecule has 1 aromatic heterocycles. The molecular formula is C11H13N4. The number of para-hydroxylation sites is 1. The van der Waals surface area contributed by atoms with Crippen LogP contribution in [0.15, 0.2) is 30.5 Å². The number of aromatic nitrogens is 2. The van der Waals surface area contributed by atoms with Crippen LogP contribution in [0.5, 0.6) is 0 Å². The van der Waals surface area contributed by atoms with Crippen LogP contribution in [-0.2, 0) is 0 Å². The highest BCUT2D eigenvalue weighted by atomic mass is 15.4. The van der Waals surface area contributed by atoms with Gasteiger partial charge in [0, 0.05) is 25.0 Å². The van der Waals surface area contributed by atoms with Crippen molar-refractivity contribution < 1.29 is 0 Å². The van der Waals surface area contributed by atoms with Crippen LogP contribution in [0.3, 0.4) is 0 Å². The second kappa shape index (κ2) is 3.64. The van der Waals surface area contributed by atoms with Gasteiger partial charge in [0.1, 0.15) is 6.17 Å². The van der Waals surface area contributed by atoms with E-state index in [2.05, 4.69) is 27.9 Å². The van der Waals surface area contributed by atoms with E-state index in [1.165, 1.54) is 10.9 Å². The Morgan fingerprint density at radius 3 is 3.13 bits per heavy atom. The summed E-state index contributed by atoms with van der Waals surface area (Å²) in [5.74, 6) is 0. The summed E-state index contributed by atoms with van der Waals surface area (Å²) >= 11 is 0. The van der Waals surface area contributed by atoms with E-state index in [0.29, 0.717) is 0 Å². The van der Waals surface area contributed by atoms with Crippen LogP contribution < -0.4 is 10.6 Å². The molecule has 4 heteroatoms. The predicted molar refractivity (Wildman–Crippen MR) is 58.6 cm³/mol. The molecular weight excluding hydrogens is 188 g/mol. The van der Waals surface area contributed by atoms with E-state index in [0.717, 1.165) is 19.6 Å². The molecule has 15 heavy (non-hydrogen) atoms. The molecule has 1 aromatic carbocycles. The van der Waals surface area contributed by atoms with Gasteiger partial charge in [-0.15, -0.1) is 0 Å². The monoisotopic (exact) mass is 201 g/mol. The lowest BCUT2D eigenvalue weighted by molar-refractivity contribution is 0.318. The highest BCUT2D eigenvalue weighted by Crippen LogP contribution is 2.16. The number of piperazine rings is 1. The van der Waals surface area contributed by atoms with Gasteiger partial charge in [-0.25, -0.2) is 10.00 Å². The zero-order valence-corrected chi connectivity index (χ0v) is 8.43. The second-order valence-electron chi connectivity index (χ2n) is 3.75. The lowest BCUT2D eigenvalue weighted by Crippen LogP contribution is -2.42. The molecule has 0 saturated carbocycles. The summed E-state index contributed by atoms with van der Waals surface area (Å²) in [5.41, 5.74) is 1.17. The first kappa shape index (κ1) is 8.88. The fourth-order valence-electron chi connectivity index (χ4n) is 1.99. The molecule has 3 rings (SSSR count). The van der Waals surface area contributed by atoms with Gasteiger partial charge in [-0.05, 0) is 6.07 Å². The van der Waals surface area contributed by atoms with Gasteiger partial charge in [0.15, 0.2) is 0 Å². The van der Waals surface area contributed by atoms with E-state index in [1.54, 1.807) is 0 Å². The van der Waals surface area contributed by atoms with Gasteiger partial charge in [-0.2, -0.15) is 5.10 Å². The Morgan fingerprint density at radius 2 is 2.27 bits per heavy atom. The summed E-state index contributed by atoms with van der Waals surface area (Å²) in [5, 5.41) is 13.4. The number of nitrogens with one attached hydrogen (secondary N) is 1. The molecule has 1 fully saturated rings. The van der Waals surface area contributed by atoms with Crippen LogP contribution in [0.1, 0.15) is 6.17 Å². The Kier molecular flexibility index (Phi) is 2.16. The fourth-order valence-corrected chi connectivity index (χ4v) is 1.99. The predicted octanol–water partition coefficient (Wildman–Crippen LogP) is 0.742. The maximum Gasteiger partial charge on any atom is 0.116 e. The molecule has 1 atom stereocenters. The Morgan fingerprint density at radius 1 is 1.33 bits per heavy atom. The zero-order chi connectivity index (χ0) is 10.1. The highest BCUT2D eigenvalue weighted by Gasteiger charge is 2.16. The van der Waals surface area contributed by atoms with Gasteiger partial charge in [-0.3, -0.25) is 5.32 Å². The first-order valence-electron chi connectivity index (χ1n) is 5.24. The van der Waals surface area contributed by atoms with Crippen molar-refractivity contribution >= 4 is 10.9 Å². The average Bonchev–Trinajstić information content (AvgIpc) is 2.74. The Labute approximate surface area is 88.3 Å². The summed E-state index contributed by atoms with van der Waals surface area (Å²) < 4.78 is 2.03. The minimum absolute atomic E-state index is 0.221. The lowest BCUT2D eigenvalue weighted by Gasteiger charge is -2.24. The van der Waals surface area contributed by atoms with E-state index in [4.69, 9.17) is 0 Å². The summed E-state index contributed by atoms with van der Waals surface area (Å²) in [6.45, 7) is 2.67. The molecule has 2 heterocycles.